The van der Waals surface area contributed by atoms with Gasteiger partial charge in [0.05, 0.1) is 5.25 Å². The molecule has 0 atom stereocenters. The maximum Gasteiger partial charge on any atom is 0.217 e. The molecule has 0 bridgehead atoms. The molecule has 1 amide bonds. The van der Waals surface area contributed by atoms with Crippen LogP contribution in [-0.4, -0.2) is 30.5 Å². The van der Waals surface area contributed by atoms with Crippen LogP contribution in [0, 0.1) is 0 Å². The van der Waals surface area contributed by atoms with E-state index >= 15 is 0 Å². The lowest BCUT2D eigenvalue weighted by atomic mass is 10.3. The van der Waals surface area contributed by atoms with E-state index in [9.17, 15) is 13.2 Å². The highest BCUT2D eigenvalue weighted by Crippen LogP contribution is 2.40. The number of hydrogen-bond acceptors (Lipinski definition) is 7. The van der Waals surface area contributed by atoms with Crippen molar-refractivity contribution in [3.05, 3.63) is 0 Å². The Morgan fingerprint density at radius 2 is 2.16 bits per heavy atom. The van der Waals surface area contributed by atoms with E-state index in [0.717, 1.165) is 11.5 Å². The number of nitrogens with zero attached hydrogens (tertiary/aromatic N) is 1. The molecular weight excluding hydrogens is 288 g/mol. The molecule has 0 aliphatic heterocycles. The minimum Gasteiger partial charge on any atom is -0.382 e. The van der Waals surface area contributed by atoms with E-state index in [1.54, 1.807) is 0 Å². The van der Waals surface area contributed by atoms with Crippen molar-refractivity contribution in [1.29, 1.82) is 0 Å². The fraction of sp³-hybridized carbons (Fsp3) is 0.600. The summed E-state index contributed by atoms with van der Waals surface area (Å²) in [5.74, 6) is -0.328. The zero-order valence-electron chi connectivity index (χ0n) is 10.3. The Labute approximate surface area is 115 Å². The van der Waals surface area contributed by atoms with Gasteiger partial charge in [-0.25, -0.2) is 8.42 Å². The third-order valence-electron chi connectivity index (χ3n) is 2.81. The van der Waals surface area contributed by atoms with Crippen LogP contribution in [0.3, 0.4) is 0 Å². The van der Waals surface area contributed by atoms with Gasteiger partial charge in [0.2, 0.25) is 5.91 Å². The number of aromatic nitrogens is 1. The Kier molecular flexibility index (Phi) is 3.95. The number of amides is 1. The zero-order valence-corrected chi connectivity index (χ0v) is 11.9. The molecule has 0 saturated heterocycles. The van der Waals surface area contributed by atoms with E-state index in [1.165, 1.54) is 0 Å². The quantitative estimate of drug-likeness (QED) is 0.623. The van der Waals surface area contributed by atoms with Crippen LogP contribution < -0.4 is 16.8 Å². The summed E-state index contributed by atoms with van der Waals surface area (Å²) in [6.07, 6.45) is 2.15. The van der Waals surface area contributed by atoms with Gasteiger partial charge in [0, 0.05) is 13.0 Å². The fourth-order valence-corrected chi connectivity index (χ4v) is 4.60. The Hall–Kier alpha value is -1.35. The van der Waals surface area contributed by atoms with Crippen LogP contribution in [0.25, 0.3) is 0 Å². The maximum atomic E-state index is 12.2. The second-order valence-electron chi connectivity index (χ2n) is 4.47. The zero-order chi connectivity index (χ0) is 14.0. The summed E-state index contributed by atoms with van der Waals surface area (Å²) >= 11 is 1.03. The predicted molar refractivity (Wildman–Crippen MR) is 73.7 cm³/mol. The van der Waals surface area contributed by atoms with Gasteiger partial charge in [-0.2, -0.15) is 4.37 Å². The largest absolute Gasteiger partial charge is 0.382 e. The third-order valence-corrected chi connectivity index (χ3v) is 6.09. The van der Waals surface area contributed by atoms with Gasteiger partial charge in [0.25, 0.3) is 0 Å². The normalized spacial score (nSPS) is 15.4. The lowest BCUT2D eigenvalue weighted by Crippen LogP contribution is -2.14. The molecule has 0 radical (unpaired) electrons. The van der Waals surface area contributed by atoms with Crippen molar-refractivity contribution in [2.45, 2.75) is 35.8 Å². The Morgan fingerprint density at radius 3 is 2.74 bits per heavy atom. The first-order valence-electron chi connectivity index (χ1n) is 5.94. The van der Waals surface area contributed by atoms with Crippen molar-refractivity contribution in [3.63, 3.8) is 0 Å². The Morgan fingerprint density at radius 1 is 1.47 bits per heavy atom. The van der Waals surface area contributed by atoms with E-state index in [0.29, 0.717) is 30.8 Å². The number of primary amides is 1. The first kappa shape index (κ1) is 14.1. The summed E-state index contributed by atoms with van der Waals surface area (Å²) in [5, 5.41) is 3.10. The molecule has 2 rings (SSSR count). The van der Waals surface area contributed by atoms with Crippen LogP contribution in [0.2, 0.25) is 0 Å². The topological polar surface area (TPSA) is 128 Å². The molecule has 1 aliphatic rings. The van der Waals surface area contributed by atoms with Gasteiger partial charge in [-0.3, -0.25) is 4.79 Å². The van der Waals surface area contributed by atoms with Crippen molar-refractivity contribution in [2.75, 3.05) is 17.6 Å². The van der Waals surface area contributed by atoms with Crippen LogP contribution in [-0.2, 0) is 14.6 Å². The summed E-state index contributed by atoms with van der Waals surface area (Å²) in [7, 11) is -3.37. The van der Waals surface area contributed by atoms with E-state index in [1.807, 2.05) is 0 Å². The highest BCUT2D eigenvalue weighted by molar-refractivity contribution is 7.92. The number of rotatable bonds is 7. The van der Waals surface area contributed by atoms with Crippen LogP contribution in [0.1, 0.15) is 25.7 Å². The number of carbonyl (C=O) groups excluding carboxylic acids is 1. The van der Waals surface area contributed by atoms with Gasteiger partial charge in [0.15, 0.2) is 15.7 Å². The summed E-state index contributed by atoms with van der Waals surface area (Å²) in [4.78, 5) is 10.7. The maximum absolute atomic E-state index is 12.2. The average Bonchev–Trinajstić information content (AvgIpc) is 3.10. The molecular formula is C10H16N4O3S2. The number of sulfone groups is 1. The van der Waals surface area contributed by atoms with Crippen LogP contribution >= 0.6 is 11.5 Å². The van der Waals surface area contributed by atoms with Gasteiger partial charge >= 0.3 is 0 Å². The van der Waals surface area contributed by atoms with Gasteiger partial charge in [-0.05, 0) is 30.8 Å². The Balaban J connectivity index is 2.07. The monoisotopic (exact) mass is 304 g/mol. The van der Waals surface area contributed by atoms with Crippen molar-refractivity contribution in [3.8, 4) is 0 Å². The van der Waals surface area contributed by atoms with Crippen molar-refractivity contribution >= 4 is 38.1 Å². The number of hydrogen-bond donors (Lipinski definition) is 3. The molecule has 1 aromatic heterocycles. The van der Waals surface area contributed by atoms with Crippen LogP contribution in [0.15, 0.2) is 4.90 Å². The molecule has 106 valence electrons. The van der Waals surface area contributed by atoms with Crippen molar-refractivity contribution < 1.29 is 13.2 Å². The van der Waals surface area contributed by atoms with Gasteiger partial charge in [-0.1, -0.05) is 0 Å². The highest BCUT2D eigenvalue weighted by Gasteiger charge is 2.40. The molecule has 9 heteroatoms. The summed E-state index contributed by atoms with van der Waals surface area (Å²) in [6, 6.07) is 0. The second kappa shape index (κ2) is 5.33. The van der Waals surface area contributed by atoms with E-state index in [-0.39, 0.29) is 28.3 Å². The molecule has 0 unspecified atom stereocenters. The molecule has 1 aromatic rings. The van der Waals surface area contributed by atoms with E-state index < -0.39 is 9.84 Å². The Bertz CT molecular complexity index is 578. The van der Waals surface area contributed by atoms with Crippen molar-refractivity contribution in [1.82, 2.24) is 4.37 Å². The standard InChI is InChI=1S/C10H16N4O3S2/c11-7(15)2-1-5-13-10-8(9(12)14-18-10)19(16,17)6-3-4-6/h6,13H,1-5H2,(H2,11,15)(H2,12,14). The number of nitrogens with one attached hydrogen (secondary N) is 1. The van der Waals surface area contributed by atoms with Crippen molar-refractivity contribution in [2.24, 2.45) is 5.73 Å². The molecule has 1 fully saturated rings. The second-order valence-corrected chi connectivity index (χ2v) is 7.41. The lowest BCUT2D eigenvalue weighted by Gasteiger charge is -2.07. The predicted octanol–water partition coefficient (Wildman–Crippen LogP) is 0.339. The fourth-order valence-electron chi connectivity index (χ4n) is 1.69. The first-order valence-corrected chi connectivity index (χ1v) is 8.26. The van der Waals surface area contributed by atoms with Crippen LogP contribution in [0.5, 0.6) is 0 Å². The smallest absolute Gasteiger partial charge is 0.217 e. The molecule has 19 heavy (non-hydrogen) atoms. The van der Waals surface area contributed by atoms with Gasteiger partial charge in [-0.15, -0.1) is 0 Å². The molecule has 0 spiro atoms. The summed E-state index contributed by atoms with van der Waals surface area (Å²) < 4.78 is 28.3. The SMILES string of the molecule is NC(=O)CCCNc1snc(N)c1S(=O)(=O)C1CC1. The lowest BCUT2D eigenvalue weighted by molar-refractivity contribution is -0.118. The number of nitrogens with two attached hydrogens (primary N) is 2. The van der Waals surface area contributed by atoms with Crippen LogP contribution in [0.4, 0.5) is 10.8 Å². The molecule has 0 aromatic carbocycles. The summed E-state index contributed by atoms with van der Waals surface area (Å²) in [5.41, 5.74) is 10.7. The number of anilines is 2. The average molecular weight is 304 g/mol. The van der Waals surface area contributed by atoms with E-state index in [4.69, 9.17) is 11.5 Å². The number of carbonyl (C=O) groups is 1. The molecule has 1 saturated carbocycles. The molecule has 5 N–H and O–H groups in total. The minimum absolute atomic E-state index is 0.0503. The molecule has 1 aliphatic carbocycles. The number of nitrogen functional groups attached to an aromatic ring is 1. The summed E-state index contributed by atoms with van der Waals surface area (Å²) in [6.45, 7) is 0.456. The third kappa shape index (κ3) is 3.16. The van der Waals surface area contributed by atoms with Gasteiger partial charge in [0.1, 0.15) is 9.90 Å². The highest BCUT2D eigenvalue weighted by atomic mass is 32.2. The van der Waals surface area contributed by atoms with E-state index in [2.05, 4.69) is 9.69 Å². The molecule has 7 nitrogen and oxygen atoms in total. The molecule has 1 heterocycles. The first-order chi connectivity index (χ1) is 8.93. The van der Waals surface area contributed by atoms with Gasteiger partial charge < -0.3 is 16.8 Å². The minimum atomic E-state index is -3.37.